The fraction of sp³-hybridized carbons (Fsp3) is 0.0870. The number of ether oxygens (including phenoxy) is 1. The van der Waals surface area contributed by atoms with Gasteiger partial charge >= 0.3 is 0 Å². The Morgan fingerprint density at radius 3 is 2.68 bits per heavy atom. The normalized spacial score (nSPS) is 12.0. The number of rotatable bonds is 5. The van der Waals surface area contributed by atoms with Gasteiger partial charge in [0.2, 0.25) is 4.96 Å². The first-order valence-electron chi connectivity index (χ1n) is 9.61. The average Bonchev–Trinajstić information content (AvgIpc) is 3.47. The van der Waals surface area contributed by atoms with E-state index in [1.54, 1.807) is 18.2 Å². The monoisotopic (exact) mass is 449 g/mol. The molecule has 0 radical (unpaired) electrons. The number of thiazole rings is 1. The van der Waals surface area contributed by atoms with Crippen LogP contribution in [0.1, 0.15) is 12.7 Å². The summed E-state index contributed by atoms with van der Waals surface area (Å²) in [6.07, 6.45) is 1.69. The lowest BCUT2D eigenvalue weighted by Crippen LogP contribution is -2.23. The van der Waals surface area contributed by atoms with Crippen LogP contribution in [-0.2, 0) is 0 Å². The van der Waals surface area contributed by atoms with E-state index >= 15 is 0 Å². The van der Waals surface area contributed by atoms with Crippen LogP contribution in [0.15, 0.2) is 69.9 Å². The summed E-state index contributed by atoms with van der Waals surface area (Å²) >= 11 is 7.50. The first-order chi connectivity index (χ1) is 15.1. The summed E-state index contributed by atoms with van der Waals surface area (Å²) in [4.78, 5) is 17.8. The summed E-state index contributed by atoms with van der Waals surface area (Å²) < 4.78 is 13.1. The fourth-order valence-corrected chi connectivity index (χ4v) is 4.31. The van der Waals surface area contributed by atoms with Gasteiger partial charge in [0.15, 0.2) is 5.82 Å². The minimum Gasteiger partial charge on any atom is -0.494 e. The molecule has 0 bridgehead atoms. The molecule has 0 saturated heterocycles. The maximum Gasteiger partial charge on any atom is 0.291 e. The van der Waals surface area contributed by atoms with Crippen LogP contribution >= 0.6 is 22.9 Å². The van der Waals surface area contributed by atoms with Crippen molar-refractivity contribution in [1.29, 1.82) is 0 Å². The summed E-state index contributed by atoms with van der Waals surface area (Å²) in [5.74, 6) is 2.48. The number of furan rings is 1. The van der Waals surface area contributed by atoms with Crippen LogP contribution < -0.4 is 14.8 Å². The third kappa shape index (κ3) is 3.73. The van der Waals surface area contributed by atoms with E-state index in [0.717, 1.165) is 16.9 Å². The molecule has 3 aromatic heterocycles. The smallest absolute Gasteiger partial charge is 0.291 e. The second-order valence-corrected chi connectivity index (χ2v) is 8.10. The van der Waals surface area contributed by atoms with E-state index in [1.165, 1.54) is 15.9 Å². The number of nitrogens with zero attached hydrogens (tertiary/aromatic N) is 3. The highest BCUT2D eigenvalue weighted by Crippen LogP contribution is 2.29. The van der Waals surface area contributed by atoms with Crippen molar-refractivity contribution >= 4 is 34.0 Å². The lowest BCUT2D eigenvalue weighted by Gasteiger charge is -2.02. The van der Waals surface area contributed by atoms with Crippen molar-refractivity contribution in [1.82, 2.24) is 14.6 Å². The van der Waals surface area contributed by atoms with Gasteiger partial charge in [0.05, 0.1) is 11.6 Å². The van der Waals surface area contributed by atoms with E-state index in [2.05, 4.69) is 10.1 Å². The third-order valence-corrected chi connectivity index (χ3v) is 5.93. The van der Waals surface area contributed by atoms with Gasteiger partial charge in [-0.3, -0.25) is 4.79 Å². The fourth-order valence-electron chi connectivity index (χ4n) is 3.19. The molecule has 0 spiro atoms. The maximum atomic E-state index is 12.8. The minimum atomic E-state index is -0.236. The molecule has 0 amide bonds. The Hall–Kier alpha value is -3.42. The summed E-state index contributed by atoms with van der Waals surface area (Å²) in [7, 11) is 0. The van der Waals surface area contributed by atoms with Gasteiger partial charge in [0.1, 0.15) is 21.8 Å². The van der Waals surface area contributed by atoms with Gasteiger partial charge < -0.3 is 9.15 Å². The molecule has 0 aliphatic heterocycles. The summed E-state index contributed by atoms with van der Waals surface area (Å²) in [5, 5.41) is 4.98. The van der Waals surface area contributed by atoms with Gasteiger partial charge in [-0.15, -0.1) is 5.10 Å². The Morgan fingerprint density at radius 1 is 1.13 bits per heavy atom. The first-order valence-corrected chi connectivity index (χ1v) is 10.8. The van der Waals surface area contributed by atoms with Crippen LogP contribution in [0.3, 0.4) is 0 Å². The van der Waals surface area contributed by atoms with Crippen LogP contribution in [0.5, 0.6) is 5.75 Å². The Labute approximate surface area is 186 Å². The van der Waals surface area contributed by atoms with Gasteiger partial charge in [0, 0.05) is 17.2 Å². The molecule has 154 valence electrons. The Balaban J connectivity index is 1.47. The van der Waals surface area contributed by atoms with E-state index in [9.17, 15) is 4.79 Å². The standard InChI is InChI=1S/C23H16ClN3O3S/c1-2-29-15-9-7-14(8-10-15)21-25-23-27(26-21)22(28)20(31-23)13-16-11-12-19(30-16)17-5-3-4-6-18(17)24/h3-13H,2H2,1H3. The van der Waals surface area contributed by atoms with Crippen LogP contribution in [0.25, 0.3) is 33.7 Å². The van der Waals surface area contributed by atoms with Crippen molar-refractivity contribution < 1.29 is 9.15 Å². The largest absolute Gasteiger partial charge is 0.494 e. The van der Waals surface area contributed by atoms with Crippen molar-refractivity contribution in [2.45, 2.75) is 6.92 Å². The van der Waals surface area contributed by atoms with Crippen molar-refractivity contribution in [3.63, 3.8) is 0 Å². The third-order valence-electron chi connectivity index (χ3n) is 4.64. The molecular weight excluding hydrogens is 434 g/mol. The number of hydrogen-bond acceptors (Lipinski definition) is 6. The average molecular weight is 450 g/mol. The van der Waals surface area contributed by atoms with E-state index in [1.807, 2.05) is 55.5 Å². The Kier molecular flexibility index (Phi) is 5.05. The molecule has 0 unspecified atom stereocenters. The molecule has 0 fully saturated rings. The maximum absolute atomic E-state index is 12.8. The zero-order valence-corrected chi connectivity index (χ0v) is 18.0. The summed E-state index contributed by atoms with van der Waals surface area (Å²) in [5.41, 5.74) is 1.38. The molecule has 0 N–H and O–H groups in total. The zero-order chi connectivity index (χ0) is 21.4. The van der Waals surface area contributed by atoms with E-state index in [0.29, 0.717) is 38.5 Å². The highest BCUT2D eigenvalue weighted by Gasteiger charge is 2.13. The first kappa shape index (κ1) is 19.5. The number of benzene rings is 2. The van der Waals surface area contributed by atoms with Gasteiger partial charge in [-0.05, 0) is 55.5 Å². The molecule has 3 heterocycles. The van der Waals surface area contributed by atoms with Crippen molar-refractivity contribution in [3.8, 4) is 28.5 Å². The van der Waals surface area contributed by atoms with Crippen LogP contribution in [-0.4, -0.2) is 21.2 Å². The summed E-state index contributed by atoms with van der Waals surface area (Å²) in [6, 6.07) is 18.6. The van der Waals surface area contributed by atoms with Crippen molar-refractivity contribution in [2.24, 2.45) is 0 Å². The molecule has 5 rings (SSSR count). The predicted molar refractivity (Wildman–Crippen MR) is 122 cm³/mol. The molecule has 6 nitrogen and oxygen atoms in total. The Bertz CT molecular complexity index is 1480. The highest BCUT2D eigenvalue weighted by molar-refractivity contribution is 7.15. The second kappa shape index (κ2) is 8.02. The van der Waals surface area contributed by atoms with E-state index in [-0.39, 0.29) is 5.56 Å². The number of fused-ring (bicyclic) bond motifs is 1. The lowest BCUT2D eigenvalue weighted by molar-refractivity contribution is 0.340. The molecule has 2 aromatic carbocycles. The van der Waals surface area contributed by atoms with Crippen molar-refractivity contribution in [3.05, 3.63) is 86.3 Å². The molecule has 8 heteroatoms. The molecule has 5 aromatic rings. The van der Waals surface area contributed by atoms with Crippen LogP contribution in [0.4, 0.5) is 0 Å². The van der Waals surface area contributed by atoms with Gasteiger partial charge in [0.25, 0.3) is 5.56 Å². The lowest BCUT2D eigenvalue weighted by atomic mass is 10.2. The molecule has 31 heavy (non-hydrogen) atoms. The molecular formula is C23H16ClN3O3S. The highest BCUT2D eigenvalue weighted by atomic mass is 35.5. The van der Waals surface area contributed by atoms with E-state index in [4.69, 9.17) is 20.8 Å². The number of halogens is 1. The topological polar surface area (TPSA) is 69.6 Å². The summed E-state index contributed by atoms with van der Waals surface area (Å²) in [6.45, 7) is 2.54. The zero-order valence-electron chi connectivity index (χ0n) is 16.4. The van der Waals surface area contributed by atoms with Crippen molar-refractivity contribution in [2.75, 3.05) is 6.61 Å². The minimum absolute atomic E-state index is 0.236. The van der Waals surface area contributed by atoms with E-state index < -0.39 is 0 Å². The second-order valence-electron chi connectivity index (χ2n) is 6.68. The molecule has 0 aliphatic rings. The van der Waals surface area contributed by atoms with Crippen LogP contribution in [0, 0.1) is 0 Å². The van der Waals surface area contributed by atoms with Gasteiger partial charge in [-0.1, -0.05) is 35.1 Å². The number of hydrogen-bond donors (Lipinski definition) is 0. The molecule has 0 saturated carbocycles. The molecule has 0 aliphatic carbocycles. The SMILES string of the molecule is CCOc1ccc(-c2nc3sc(=Cc4ccc(-c5ccccc5Cl)o4)c(=O)n3n2)cc1. The predicted octanol–water partition coefficient (Wildman–Crippen LogP) is 4.68. The molecule has 0 atom stereocenters. The Morgan fingerprint density at radius 2 is 1.94 bits per heavy atom. The number of aromatic nitrogens is 3. The van der Waals surface area contributed by atoms with Crippen LogP contribution in [0.2, 0.25) is 5.02 Å². The van der Waals surface area contributed by atoms with Gasteiger partial charge in [-0.25, -0.2) is 0 Å². The van der Waals surface area contributed by atoms with Gasteiger partial charge in [-0.2, -0.15) is 9.50 Å². The quantitative estimate of drug-likeness (QED) is 0.389.